The monoisotopic (exact) mass is 1780 g/mol. The average Bonchev–Trinajstić information content (AvgIpc) is 1.12. The number of aromatic nitrogens is 12. The second-order valence-corrected chi connectivity index (χ2v) is 34.2. The molecule has 6 aliphatic rings. The second kappa shape index (κ2) is 39.5. The number of anilines is 3. The Morgan fingerprint density at radius 2 is 0.806 bits per heavy atom. The highest BCUT2D eigenvalue weighted by Gasteiger charge is 2.36. The van der Waals surface area contributed by atoms with Gasteiger partial charge in [0, 0.05) is 92.6 Å². The Bertz CT molecular complexity index is 6580. The van der Waals surface area contributed by atoms with Crippen molar-refractivity contribution in [2.24, 2.45) is 0 Å². The van der Waals surface area contributed by atoms with Crippen LogP contribution >= 0.6 is 11.6 Å². The standard InChI is InChI=1S/C33H34F2N6O3.C31H33F2N5O2.C31H31F2N5O2.C3H3ClO/c1-5-26(42)39-13-14-40(20(4)18-39)31-23-17-25(35)29-27-21(7-6-8-24(27)34)10-15-44-16-11-22-9-12-36-28(19(2)3)30(22)41(32(23)37-29)33(43)38-31;2*1-18(2)26-28-21(10-13-34-26)12-16-40-15-11-20-8-6-9-23(32)25(20)27-24(33)17-22-29(37-14-5-4-7-19(37)3)36-31(39)38(28)30(22)35-27;1-2-3(4)5/h5-9,12,17,19-20H,1,10-11,13-16,18H2,2-4H3;6,8-10,13,17-19H,4-5,7,11-12,14-16H2,1-3H3;6,8-11,13,15,17-19H,4-5,7,12,14,16H2,1-3H3;2H,1H2/b;;15-11+;/t20-;2*19-;/m000./s1. The Morgan fingerprint density at radius 1 is 0.442 bits per heavy atom. The number of rotatable bonds is 8. The third kappa shape index (κ3) is 18.6. The number of carbonyl (C=O) groups excluding carboxylic acids is 2. The fourth-order valence-corrected chi connectivity index (χ4v) is 18.0. The van der Waals surface area contributed by atoms with E-state index in [0.717, 1.165) is 61.3 Å². The number of pyridine rings is 6. The average molecular weight is 1780 g/mol. The predicted molar refractivity (Wildman–Crippen MR) is 488 cm³/mol. The van der Waals surface area contributed by atoms with E-state index >= 15 is 26.3 Å². The molecule has 6 aliphatic heterocycles. The van der Waals surface area contributed by atoms with Crippen LogP contribution in [0.5, 0.6) is 0 Å². The molecule has 15 heterocycles. The van der Waals surface area contributed by atoms with Crippen molar-refractivity contribution in [1.29, 1.82) is 0 Å². The Hall–Kier alpha value is -12.7. The summed E-state index contributed by atoms with van der Waals surface area (Å²) in [7, 11) is 0. The minimum Gasteiger partial charge on any atom is -0.501 e. The van der Waals surface area contributed by atoms with Crippen LogP contribution in [-0.2, 0) is 55.9 Å². The lowest BCUT2D eigenvalue weighted by atomic mass is 9.99. The van der Waals surface area contributed by atoms with Gasteiger partial charge in [-0.3, -0.25) is 24.5 Å². The second-order valence-electron chi connectivity index (χ2n) is 33.8. The van der Waals surface area contributed by atoms with Crippen molar-refractivity contribution in [3.63, 3.8) is 0 Å². The molecule has 9 aromatic heterocycles. The lowest BCUT2D eigenvalue weighted by molar-refractivity contribution is -0.126. The minimum absolute atomic E-state index is 0.000178. The van der Waals surface area contributed by atoms with E-state index in [-0.39, 0.29) is 98.3 Å². The first-order valence-electron chi connectivity index (χ1n) is 43.8. The third-order valence-corrected chi connectivity index (χ3v) is 24.5. The van der Waals surface area contributed by atoms with E-state index in [1.165, 1.54) is 62.4 Å². The van der Waals surface area contributed by atoms with Crippen molar-refractivity contribution in [2.45, 2.75) is 169 Å². The summed E-state index contributed by atoms with van der Waals surface area (Å²) in [6, 6.07) is 23.4. The largest absolute Gasteiger partial charge is 0.501 e. The van der Waals surface area contributed by atoms with Gasteiger partial charge in [0.1, 0.15) is 63.6 Å². The predicted octanol–water partition coefficient (Wildman–Crippen LogP) is 17.4. The summed E-state index contributed by atoms with van der Waals surface area (Å²) in [5, 5.41) is 0.613. The minimum atomic E-state index is -0.739. The molecule has 18 rings (SSSR count). The lowest BCUT2D eigenvalue weighted by Crippen LogP contribution is -2.54. The number of benzene rings is 3. The quantitative estimate of drug-likeness (QED) is 0.0778. The van der Waals surface area contributed by atoms with Gasteiger partial charge in [-0.1, -0.05) is 91.1 Å². The molecule has 670 valence electrons. The maximum Gasteiger partial charge on any atom is 0.355 e. The first-order chi connectivity index (χ1) is 62.2. The maximum absolute atomic E-state index is 16.2. The molecule has 12 aromatic rings. The fraction of sp³-hybridized carbons (Fsp3) is 0.367. The van der Waals surface area contributed by atoms with Gasteiger partial charge < -0.3 is 33.8 Å². The zero-order valence-electron chi connectivity index (χ0n) is 73.5. The highest BCUT2D eigenvalue weighted by atomic mass is 35.5. The van der Waals surface area contributed by atoms with Crippen molar-refractivity contribution in [3.05, 3.63) is 258 Å². The first kappa shape index (κ1) is 91.1. The van der Waals surface area contributed by atoms with Crippen molar-refractivity contribution in [2.75, 3.05) is 80.5 Å². The van der Waals surface area contributed by atoms with Crippen LogP contribution in [0.2, 0.25) is 0 Å². The molecule has 0 N–H and O–H groups in total. The van der Waals surface area contributed by atoms with Gasteiger partial charge in [0.15, 0.2) is 22.8 Å². The van der Waals surface area contributed by atoms with Crippen LogP contribution in [-0.4, -0.2) is 158 Å². The van der Waals surface area contributed by atoms with Gasteiger partial charge in [-0.2, -0.15) is 15.0 Å². The number of ether oxygens (including phenoxy) is 3. The molecule has 31 heteroatoms. The molecule has 6 bridgehead atoms. The maximum atomic E-state index is 16.2. The molecule has 24 nitrogen and oxygen atoms in total. The van der Waals surface area contributed by atoms with E-state index in [1.54, 1.807) is 66.0 Å². The molecule has 3 aromatic carbocycles. The van der Waals surface area contributed by atoms with Crippen molar-refractivity contribution >= 4 is 79.4 Å². The van der Waals surface area contributed by atoms with Gasteiger partial charge in [0.25, 0.3) is 0 Å². The molecule has 3 atom stereocenters. The number of amides is 1. The van der Waals surface area contributed by atoms with Crippen LogP contribution in [0.25, 0.3) is 90.0 Å². The van der Waals surface area contributed by atoms with Crippen molar-refractivity contribution in [1.82, 2.24) is 63.5 Å². The molecule has 0 aliphatic carbocycles. The number of piperazine rings is 1. The van der Waals surface area contributed by atoms with Gasteiger partial charge in [0.05, 0.1) is 89.6 Å². The van der Waals surface area contributed by atoms with Crippen LogP contribution in [0.15, 0.2) is 156 Å². The number of fused-ring (bicyclic) bond motifs is 15. The molecule has 3 fully saturated rings. The Balaban J connectivity index is 0.000000145. The summed E-state index contributed by atoms with van der Waals surface area (Å²) in [5.41, 5.74) is 6.32. The summed E-state index contributed by atoms with van der Waals surface area (Å²) in [6.07, 6.45) is 18.7. The SMILES string of the molecule is C=CC(=O)Cl.C=CC(=O)N1CCN(c2nc(=O)n3c4nc(c(F)cc24)-c2c(F)cccc2CCOCCc2ccnc(C(C)C)c2-3)[C@@H](C)C1.CC(C)c1nccc2c1-n1c(=O)nc(N3CCCC[C@@H]3C)c3cc(F)c(nc31)-c1c(F)cccc1/C=C/OCC2.CC(C)c1nccc2c1-n1c(=O)nc(N3CCCC[C@@H]3C)c3cc(F)c(nc31)-c1c(F)cccc1CCOCC2. The molecule has 1 amide bonds. The van der Waals surface area contributed by atoms with E-state index in [2.05, 4.69) is 66.7 Å². The topological polar surface area (TPSA) is 257 Å². The summed E-state index contributed by atoms with van der Waals surface area (Å²) in [5.74, 6) is -3.15. The number of allylic oxidation sites excluding steroid dienone is 1. The lowest BCUT2D eigenvalue weighted by Gasteiger charge is -2.40. The van der Waals surface area contributed by atoms with E-state index < -0.39 is 57.2 Å². The first-order valence-corrected chi connectivity index (χ1v) is 44.2. The summed E-state index contributed by atoms with van der Waals surface area (Å²) >= 11 is 4.71. The van der Waals surface area contributed by atoms with E-state index in [9.17, 15) is 24.0 Å². The molecule has 0 radical (unpaired) electrons. The Kier molecular flexibility index (Phi) is 27.9. The van der Waals surface area contributed by atoms with Gasteiger partial charge in [-0.05, 0) is 221 Å². The Labute approximate surface area is 747 Å². The van der Waals surface area contributed by atoms with Crippen molar-refractivity contribution in [3.8, 4) is 50.8 Å². The van der Waals surface area contributed by atoms with E-state index in [0.29, 0.717) is 176 Å². The van der Waals surface area contributed by atoms with E-state index in [1.807, 2.05) is 71.6 Å². The number of halogens is 7. The van der Waals surface area contributed by atoms with E-state index in [4.69, 9.17) is 40.8 Å². The zero-order valence-corrected chi connectivity index (χ0v) is 74.3. The van der Waals surface area contributed by atoms with Crippen LogP contribution < -0.4 is 31.8 Å². The molecule has 0 saturated carbocycles. The van der Waals surface area contributed by atoms with Crippen LogP contribution in [0.3, 0.4) is 0 Å². The number of hydrogen-bond donors (Lipinski definition) is 0. The summed E-state index contributed by atoms with van der Waals surface area (Å²) < 4.78 is 116. The fourth-order valence-electron chi connectivity index (χ4n) is 18.0. The molecule has 129 heavy (non-hydrogen) atoms. The summed E-state index contributed by atoms with van der Waals surface area (Å²) in [4.78, 5) is 114. The van der Waals surface area contributed by atoms with Crippen LogP contribution in [0, 0.1) is 34.9 Å². The van der Waals surface area contributed by atoms with Gasteiger partial charge in [-0.15, -0.1) is 0 Å². The van der Waals surface area contributed by atoms with Crippen LogP contribution in [0.4, 0.5) is 43.8 Å². The van der Waals surface area contributed by atoms with Crippen LogP contribution in [0.1, 0.15) is 169 Å². The molecular weight excluding hydrogens is 1680 g/mol. The molecule has 0 unspecified atom stereocenters. The number of carbonyl (C=O) groups is 2. The van der Waals surface area contributed by atoms with Gasteiger partial charge in [0.2, 0.25) is 11.1 Å². The number of piperidine rings is 2. The zero-order chi connectivity index (χ0) is 91.3. The molecule has 3 saturated heterocycles. The normalized spacial score (nSPS) is 17.2. The number of nitrogens with zero attached hydrogens (tertiary/aromatic N) is 16. The molecular formula is C98H101ClF6N16O8. The number of hydrogen-bond acceptors (Lipinski definition) is 20. The highest BCUT2D eigenvalue weighted by molar-refractivity contribution is 6.66. The van der Waals surface area contributed by atoms with Crippen molar-refractivity contribution < 1.29 is 50.1 Å². The third-order valence-electron chi connectivity index (χ3n) is 24.4. The van der Waals surface area contributed by atoms with Gasteiger partial charge in [-0.25, -0.2) is 69.4 Å². The molecule has 0 spiro atoms. The highest BCUT2D eigenvalue weighted by Crippen LogP contribution is 2.42. The van der Waals surface area contributed by atoms with Gasteiger partial charge >= 0.3 is 17.1 Å². The smallest absolute Gasteiger partial charge is 0.355 e. The summed E-state index contributed by atoms with van der Waals surface area (Å²) in [6.45, 7) is 28.9. The Morgan fingerprint density at radius 3 is 1.18 bits per heavy atom.